The summed E-state index contributed by atoms with van der Waals surface area (Å²) in [5.74, 6) is 1.49. The molecule has 0 saturated carbocycles. The van der Waals surface area contributed by atoms with Crippen LogP contribution in [-0.2, 0) is 0 Å². The summed E-state index contributed by atoms with van der Waals surface area (Å²) in [7, 11) is 0. The maximum atomic E-state index is 5.45. The lowest BCUT2D eigenvalue weighted by Gasteiger charge is -2.03. The van der Waals surface area contributed by atoms with E-state index in [1.807, 2.05) is 0 Å². The van der Waals surface area contributed by atoms with Crippen LogP contribution in [0.3, 0.4) is 0 Å². The topological polar surface area (TPSA) is 52.0 Å². The first-order valence-corrected chi connectivity index (χ1v) is 4.54. The van der Waals surface area contributed by atoms with Crippen LogP contribution >= 0.6 is 11.8 Å². The molecule has 1 aromatic rings. The molecule has 2 N–H and O–H groups in total. The van der Waals surface area contributed by atoms with Gasteiger partial charge in [0.2, 0.25) is 0 Å². The van der Waals surface area contributed by atoms with Crippen LogP contribution in [0.25, 0.3) is 0 Å². The van der Waals surface area contributed by atoms with E-state index in [9.17, 15) is 0 Å². The van der Waals surface area contributed by atoms with Crippen molar-refractivity contribution < 1.29 is 4.42 Å². The highest BCUT2D eigenvalue weighted by atomic mass is 32.2. The lowest BCUT2D eigenvalue weighted by atomic mass is 10.2. The van der Waals surface area contributed by atoms with Crippen LogP contribution in [0.2, 0.25) is 0 Å². The molecule has 0 amide bonds. The van der Waals surface area contributed by atoms with Crippen LogP contribution in [0.4, 0.5) is 0 Å². The molecule has 0 aromatic carbocycles. The summed E-state index contributed by atoms with van der Waals surface area (Å²) in [6, 6.07) is 0. The number of nitrogens with zero attached hydrogens (tertiary/aromatic N) is 1. The first-order chi connectivity index (χ1) is 5.33. The van der Waals surface area contributed by atoms with Crippen molar-refractivity contribution >= 4 is 11.8 Å². The second-order valence-corrected chi connectivity index (χ2v) is 3.42. The molecule has 0 fully saturated rings. The van der Waals surface area contributed by atoms with E-state index in [4.69, 9.17) is 10.2 Å². The predicted octanol–water partition coefficient (Wildman–Crippen LogP) is 1.36. The summed E-state index contributed by atoms with van der Waals surface area (Å²) in [6.45, 7) is 2.82. The van der Waals surface area contributed by atoms with E-state index in [0.717, 1.165) is 11.0 Å². The molecule has 0 aliphatic carbocycles. The molecule has 1 heterocycles. The van der Waals surface area contributed by atoms with Gasteiger partial charge in [-0.05, 0) is 12.5 Å². The minimum absolute atomic E-state index is 0.520. The number of nitrogens with two attached hydrogens (primary N) is 1. The number of hydrogen-bond acceptors (Lipinski definition) is 4. The van der Waals surface area contributed by atoms with Crippen molar-refractivity contribution in [3.63, 3.8) is 0 Å². The van der Waals surface area contributed by atoms with E-state index >= 15 is 0 Å². The minimum Gasteiger partial charge on any atom is -0.440 e. The highest BCUT2D eigenvalue weighted by Gasteiger charge is 2.02. The molecule has 11 heavy (non-hydrogen) atoms. The fraction of sp³-hybridized carbons (Fsp3) is 0.571. The van der Waals surface area contributed by atoms with Crippen LogP contribution in [0.5, 0.6) is 0 Å². The molecule has 1 atom stereocenters. The number of rotatable bonds is 4. The fourth-order valence-electron chi connectivity index (χ4n) is 0.563. The fourth-order valence-corrected chi connectivity index (χ4v) is 1.39. The van der Waals surface area contributed by atoms with Gasteiger partial charge in [-0.25, -0.2) is 4.98 Å². The van der Waals surface area contributed by atoms with Gasteiger partial charge in [0.1, 0.15) is 6.26 Å². The van der Waals surface area contributed by atoms with Crippen molar-refractivity contribution in [3.8, 4) is 0 Å². The zero-order chi connectivity index (χ0) is 8.10. The molecular weight excluding hydrogens is 160 g/mol. The summed E-state index contributed by atoms with van der Waals surface area (Å²) < 4.78 is 5.04. The minimum atomic E-state index is 0.520. The van der Waals surface area contributed by atoms with E-state index in [2.05, 4.69) is 11.9 Å². The predicted molar refractivity (Wildman–Crippen MR) is 45.4 cm³/mol. The average Bonchev–Trinajstić information content (AvgIpc) is 2.52. The van der Waals surface area contributed by atoms with Gasteiger partial charge in [0.25, 0.3) is 5.22 Å². The zero-order valence-electron chi connectivity index (χ0n) is 6.49. The monoisotopic (exact) mass is 172 g/mol. The SMILES string of the molecule is CC(CN)CSc1ncco1. The lowest BCUT2D eigenvalue weighted by Crippen LogP contribution is -2.12. The summed E-state index contributed by atoms with van der Waals surface area (Å²) in [4.78, 5) is 3.98. The van der Waals surface area contributed by atoms with Gasteiger partial charge < -0.3 is 10.2 Å². The van der Waals surface area contributed by atoms with Crippen LogP contribution in [0.15, 0.2) is 22.1 Å². The molecule has 0 radical (unpaired) electrons. The molecule has 1 aromatic heterocycles. The van der Waals surface area contributed by atoms with E-state index < -0.39 is 0 Å². The first-order valence-electron chi connectivity index (χ1n) is 3.55. The quantitative estimate of drug-likeness (QED) is 0.697. The Morgan fingerprint density at radius 3 is 3.18 bits per heavy atom. The number of oxazole rings is 1. The first kappa shape index (κ1) is 8.62. The van der Waals surface area contributed by atoms with Gasteiger partial charge in [0.15, 0.2) is 0 Å². The molecular formula is C7H12N2OS. The van der Waals surface area contributed by atoms with Crippen molar-refractivity contribution in [2.75, 3.05) is 12.3 Å². The summed E-state index contributed by atoms with van der Waals surface area (Å²) in [5.41, 5.74) is 5.45. The third kappa shape index (κ3) is 2.95. The molecule has 62 valence electrons. The molecule has 0 aliphatic heterocycles. The molecule has 3 nitrogen and oxygen atoms in total. The average molecular weight is 172 g/mol. The second kappa shape index (κ2) is 4.41. The maximum absolute atomic E-state index is 5.45. The van der Waals surface area contributed by atoms with Crippen LogP contribution in [0.1, 0.15) is 6.92 Å². The van der Waals surface area contributed by atoms with E-state index in [1.165, 1.54) is 0 Å². The Morgan fingerprint density at radius 2 is 2.64 bits per heavy atom. The molecule has 0 spiro atoms. The lowest BCUT2D eigenvalue weighted by molar-refractivity contribution is 0.453. The standard InChI is InChI=1S/C7H12N2OS/c1-6(4-8)5-11-7-9-2-3-10-7/h2-3,6H,4-5,8H2,1H3. The van der Waals surface area contributed by atoms with Crippen LogP contribution in [0, 0.1) is 5.92 Å². The van der Waals surface area contributed by atoms with Crippen molar-refractivity contribution in [1.29, 1.82) is 0 Å². The second-order valence-electron chi connectivity index (χ2n) is 2.45. The Bertz CT molecular complexity index is 188. The van der Waals surface area contributed by atoms with E-state index in [1.54, 1.807) is 24.2 Å². The summed E-state index contributed by atoms with van der Waals surface area (Å²) >= 11 is 1.60. The highest BCUT2D eigenvalue weighted by Crippen LogP contribution is 2.17. The molecule has 0 saturated heterocycles. The Morgan fingerprint density at radius 1 is 1.82 bits per heavy atom. The van der Waals surface area contributed by atoms with E-state index in [0.29, 0.717) is 12.5 Å². The van der Waals surface area contributed by atoms with Crippen LogP contribution in [-0.4, -0.2) is 17.3 Å². The highest BCUT2D eigenvalue weighted by molar-refractivity contribution is 7.99. The van der Waals surface area contributed by atoms with Gasteiger partial charge >= 0.3 is 0 Å². The van der Waals surface area contributed by atoms with Gasteiger partial charge in [-0.15, -0.1) is 0 Å². The summed E-state index contributed by atoms with van der Waals surface area (Å²) in [5, 5.41) is 0.727. The van der Waals surface area contributed by atoms with Gasteiger partial charge in [0, 0.05) is 5.75 Å². The third-order valence-electron chi connectivity index (χ3n) is 1.30. The van der Waals surface area contributed by atoms with E-state index in [-0.39, 0.29) is 0 Å². The van der Waals surface area contributed by atoms with Crippen LogP contribution < -0.4 is 5.73 Å². The Hall–Kier alpha value is -0.480. The van der Waals surface area contributed by atoms with Gasteiger partial charge in [-0.1, -0.05) is 18.7 Å². The molecule has 1 unspecified atom stereocenters. The van der Waals surface area contributed by atoms with Crippen molar-refractivity contribution in [2.45, 2.75) is 12.1 Å². The smallest absolute Gasteiger partial charge is 0.255 e. The number of aromatic nitrogens is 1. The summed E-state index contributed by atoms with van der Waals surface area (Å²) in [6.07, 6.45) is 3.23. The van der Waals surface area contributed by atoms with Gasteiger partial charge in [0.05, 0.1) is 6.20 Å². The number of hydrogen-bond donors (Lipinski definition) is 1. The third-order valence-corrected chi connectivity index (χ3v) is 2.49. The largest absolute Gasteiger partial charge is 0.440 e. The zero-order valence-corrected chi connectivity index (χ0v) is 7.30. The Balaban J connectivity index is 2.23. The maximum Gasteiger partial charge on any atom is 0.255 e. The Labute approximate surface area is 70.4 Å². The van der Waals surface area contributed by atoms with Crippen molar-refractivity contribution in [1.82, 2.24) is 4.98 Å². The molecule has 1 rings (SSSR count). The van der Waals surface area contributed by atoms with Gasteiger partial charge in [-0.2, -0.15) is 0 Å². The van der Waals surface area contributed by atoms with Crippen molar-refractivity contribution in [3.05, 3.63) is 12.5 Å². The van der Waals surface area contributed by atoms with Crippen molar-refractivity contribution in [2.24, 2.45) is 11.7 Å². The molecule has 0 aliphatic rings. The Kier molecular flexibility index (Phi) is 3.45. The van der Waals surface area contributed by atoms with Gasteiger partial charge in [-0.3, -0.25) is 0 Å². The normalized spacial score (nSPS) is 13.3. The molecule has 4 heteroatoms. The number of thioether (sulfide) groups is 1. The molecule has 0 bridgehead atoms.